The molecule has 7 nitrogen and oxygen atoms in total. The van der Waals surface area contributed by atoms with E-state index < -0.39 is 11.5 Å². The topological polar surface area (TPSA) is 93.5 Å². The largest absolute Gasteiger partial charge is 0.486 e. The van der Waals surface area contributed by atoms with Gasteiger partial charge in [-0.1, -0.05) is 23.7 Å². The van der Waals surface area contributed by atoms with Crippen molar-refractivity contribution in [3.8, 4) is 5.75 Å². The Morgan fingerprint density at radius 3 is 2.57 bits per heavy atom. The molecule has 0 bridgehead atoms. The number of halogens is 1. The lowest BCUT2D eigenvalue weighted by Crippen LogP contribution is -2.44. The lowest BCUT2D eigenvalue weighted by molar-refractivity contribution is -0.143. The number of imidazole rings is 1. The molecule has 8 heteroatoms. The van der Waals surface area contributed by atoms with Crippen molar-refractivity contribution in [3.63, 3.8) is 0 Å². The van der Waals surface area contributed by atoms with Crippen LogP contribution in [0, 0.1) is 0 Å². The lowest BCUT2D eigenvalue weighted by Gasteiger charge is -2.14. The molecule has 1 fully saturated rings. The molecule has 2 N–H and O–H groups in total. The molecule has 4 rings (SSSR count). The highest BCUT2D eigenvalue weighted by molar-refractivity contribution is 6.30. The van der Waals surface area contributed by atoms with Crippen molar-refractivity contribution in [1.29, 1.82) is 0 Å². The van der Waals surface area contributed by atoms with Crippen LogP contribution >= 0.6 is 11.6 Å². The quantitative estimate of drug-likeness (QED) is 0.637. The van der Waals surface area contributed by atoms with Gasteiger partial charge >= 0.3 is 5.97 Å². The fourth-order valence-corrected chi connectivity index (χ4v) is 3.18. The number of para-hydroxylation sites is 2. The van der Waals surface area contributed by atoms with Gasteiger partial charge in [0, 0.05) is 5.02 Å². The number of hydrogen-bond acceptors (Lipinski definition) is 4. The van der Waals surface area contributed by atoms with Crippen molar-refractivity contribution in [2.24, 2.45) is 0 Å². The Morgan fingerprint density at radius 2 is 1.89 bits per heavy atom. The minimum absolute atomic E-state index is 0.0329. The molecule has 0 atom stereocenters. The highest BCUT2D eigenvalue weighted by atomic mass is 35.5. The van der Waals surface area contributed by atoms with Crippen LogP contribution in [0.25, 0.3) is 11.0 Å². The van der Waals surface area contributed by atoms with E-state index in [2.05, 4.69) is 10.3 Å². The first kappa shape index (κ1) is 18.3. The van der Waals surface area contributed by atoms with Gasteiger partial charge in [-0.05, 0) is 49.2 Å². The number of aromatic nitrogens is 2. The lowest BCUT2D eigenvalue weighted by atomic mass is 10.2. The van der Waals surface area contributed by atoms with Crippen LogP contribution in [-0.2, 0) is 22.7 Å². The Balaban J connectivity index is 1.55. The molecule has 28 heavy (non-hydrogen) atoms. The molecule has 1 aromatic heterocycles. The summed E-state index contributed by atoms with van der Waals surface area (Å²) in [5.74, 6) is -0.153. The molecule has 1 aliphatic carbocycles. The van der Waals surface area contributed by atoms with Crippen LogP contribution in [0.15, 0.2) is 48.5 Å². The molecule has 3 aromatic rings. The van der Waals surface area contributed by atoms with Crippen molar-refractivity contribution in [3.05, 3.63) is 59.4 Å². The van der Waals surface area contributed by atoms with Gasteiger partial charge in [-0.25, -0.2) is 9.78 Å². The van der Waals surface area contributed by atoms with Gasteiger partial charge in [0.05, 0.1) is 11.0 Å². The molecular formula is C20H18ClN3O4. The number of fused-ring (bicyclic) bond motifs is 1. The number of nitrogens with one attached hydrogen (secondary N) is 1. The first-order chi connectivity index (χ1) is 13.5. The molecule has 0 radical (unpaired) electrons. The highest BCUT2D eigenvalue weighted by Crippen LogP contribution is 2.35. The summed E-state index contributed by atoms with van der Waals surface area (Å²) in [5.41, 5.74) is 0.407. The van der Waals surface area contributed by atoms with Crippen molar-refractivity contribution in [1.82, 2.24) is 14.9 Å². The standard InChI is InChI=1S/C20H18ClN3O4/c21-13-5-7-14(8-6-13)28-12-17-22-15-3-1-2-4-16(15)24(17)11-18(25)23-20(9-10-20)19(26)27/h1-8H,9-12H2,(H,23,25)(H,26,27). The van der Waals surface area contributed by atoms with Crippen LogP contribution in [-0.4, -0.2) is 32.1 Å². The van der Waals surface area contributed by atoms with Crippen LogP contribution in [0.1, 0.15) is 18.7 Å². The Morgan fingerprint density at radius 1 is 1.18 bits per heavy atom. The fourth-order valence-electron chi connectivity index (χ4n) is 3.06. The van der Waals surface area contributed by atoms with Crippen LogP contribution < -0.4 is 10.1 Å². The number of aliphatic carboxylic acids is 1. The summed E-state index contributed by atoms with van der Waals surface area (Å²) in [6.07, 6.45) is 0.899. The number of carboxylic acids is 1. The second kappa shape index (κ2) is 7.16. The van der Waals surface area contributed by atoms with Crippen LogP contribution in [0.4, 0.5) is 0 Å². The van der Waals surface area contributed by atoms with E-state index in [0.29, 0.717) is 29.4 Å². The zero-order chi connectivity index (χ0) is 19.7. The van der Waals surface area contributed by atoms with Crippen molar-refractivity contribution in [2.45, 2.75) is 31.5 Å². The molecule has 0 spiro atoms. The summed E-state index contributed by atoms with van der Waals surface area (Å²) in [6, 6.07) is 14.4. The Bertz CT molecular complexity index is 1040. The molecular weight excluding hydrogens is 382 g/mol. The molecule has 2 aromatic carbocycles. The third-order valence-corrected chi connectivity index (χ3v) is 5.01. The fraction of sp³-hybridized carbons (Fsp3) is 0.250. The van der Waals surface area contributed by atoms with Gasteiger partial charge in [0.1, 0.15) is 30.3 Å². The molecule has 144 valence electrons. The average molecular weight is 400 g/mol. The maximum atomic E-state index is 12.5. The number of benzene rings is 2. The summed E-state index contributed by atoms with van der Waals surface area (Å²) < 4.78 is 7.53. The van der Waals surface area contributed by atoms with Gasteiger partial charge in [-0.2, -0.15) is 0 Å². The molecule has 1 heterocycles. The van der Waals surface area contributed by atoms with E-state index >= 15 is 0 Å². The zero-order valence-electron chi connectivity index (χ0n) is 14.9. The van der Waals surface area contributed by atoms with Gasteiger partial charge in [0.2, 0.25) is 5.91 Å². The first-order valence-electron chi connectivity index (χ1n) is 8.84. The summed E-state index contributed by atoms with van der Waals surface area (Å²) in [5, 5.41) is 12.5. The number of hydrogen-bond donors (Lipinski definition) is 2. The minimum Gasteiger partial charge on any atom is -0.486 e. The van der Waals surface area contributed by atoms with Gasteiger partial charge < -0.3 is 19.7 Å². The second-order valence-electron chi connectivity index (χ2n) is 6.78. The van der Waals surface area contributed by atoms with E-state index in [-0.39, 0.29) is 19.1 Å². The van der Waals surface area contributed by atoms with Gasteiger partial charge in [-0.3, -0.25) is 4.79 Å². The van der Waals surface area contributed by atoms with Crippen LogP contribution in [0.5, 0.6) is 5.75 Å². The Hall–Kier alpha value is -3.06. The maximum Gasteiger partial charge on any atom is 0.329 e. The Labute approximate surface area is 165 Å². The average Bonchev–Trinajstić information content (AvgIpc) is 3.38. The van der Waals surface area contributed by atoms with Crippen molar-refractivity contribution in [2.75, 3.05) is 0 Å². The van der Waals surface area contributed by atoms with Crippen molar-refractivity contribution >= 4 is 34.5 Å². The number of amides is 1. The predicted octanol–water partition coefficient (Wildman–Crippen LogP) is 3.00. The van der Waals surface area contributed by atoms with E-state index in [1.54, 1.807) is 28.8 Å². The number of nitrogens with zero attached hydrogens (tertiary/aromatic N) is 2. The zero-order valence-corrected chi connectivity index (χ0v) is 15.6. The number of rotatable bonds is 7. The monoisotopic (exact) mass is 399 g/mol. The third kappa shape index (κ3) is 3.66. The Kier molecular flexibility index (Phi) is 4.68. The normalized spacial score (nSPS) is 14.6. The van der Waals surface area contributed by atoms with E-state index in [4.69, 9.17) is 16.3 Å². The highest BCUT2D eigenvalue weighted by Gasteiger charge is 2.51. The minimum atomic E-state index is -1.12. The van der Waals surface area contributed by atoms with Gasteiger partial charge in [0.15, 0.2) is 0 Å². The summed E-state index contributed by atoms with van der Waals surface area (Å²) in [7, 11) is 0. The van der Waals surface area contributed by atoms with E-state index in [9.17, 15) is 14.7 Å². The first-order valence-corrected chi connectivity index (χ1v) is 9.22. The molecule has 0 saturated heterocycles. The molecule has 0 aliphatic heterocycles. The summed E-state index contributed by atoms with van der Waals surface area (Å²) >= 11 is 5.89. The second-order valence-corrected chi connectivity index (χ2v) is 7.22. The number of carbonyl (C=O) groups is 2. The number of ether oxygens (including phenoxy) is 1. The smallest absolute Gasteiger partial charge is 0.329 e. The third-order valence-electron chi connectivity index (χ3n) is 4.75. The predicted molar refractivity (Wildman–Crippen MR) is 103 cm³/mol. The van der Waals surface area contributed by atoms with Gasteiger partial charge in [0.25, 0.3) is 0 Å². The number of carbonyl (C=O) groups excluding carboxylic acids is 1. The van der Waals surface area contributed by atoms with Gasteiger partial charge in [-0.15, -0.1) is 0 Å². The van der Waals surface area contributed by atoms with Crippen molar-refractivity contribution < 1.29 is 19.4 Å². The summed E-state index contributed by atoms with van der Waals surface area (Å²) in [4.78, 5) is 28.4. The van der Waals surface area contributed by atoms with E-state index in [1.807, 2.05) is 24.3 Å². The SMILES string of the molecule is O=C(Cn1c(COc2ccc(Cl)cc2)nc2ccccc21)NC1(C(=O)O)CC1. The van der Waals surface area contributed by atoms with E-state index in [1.165, 1.54) is 0 Å². The number of carboxylic acid groups (broad SMARTS) is 1. The van der Waals surface area contributed by atoms with E-state index in [0.717, 1.165) is 11.0 Å². The molecule has 1 amide bonds. The maximum absolute atomic E-state index is 12.5. The molecule has 1 saturated carbocycles. The molecule has 1 aliphatic rings. The van der Waals surface area contributed by atoms with Crippen LogP contribution in [0.3, 0.4) is 0 Å². The molecule has 0 unspecified atom stereocenters. The summed E-state index contributed by atoms with van der Waals surface area (Å²) in [6.45, 7) is 0.128. The van der Waals surface area contributed by atoms with Crippen LogP contribution in [0.2, 0.25) is 5.02 Å².